The lowest BCUT2D eigenvalue weighted by Crippen LogP contribution is -2.43. The Bertz CT molecular complexity index is 2920. The Morgan fingerprint density at radius 2 is 1.63 bits per heavy atom. The van der Waals surface area contributed by atoms with Gasteiger partial charge in [-0.05, 0) is 109 Å². The predicted molar refractivity (Wildman–Crippen MR) is 256 cm³/mol. The van der Waals surface area contributed by atoms with Crippen LogP contribution in [0.15, 0.2) is 103 Å². The zero-order valence-corrected chi connectivity index (χ0v) is 38.5. The molecule has 0 bridgehead atoms. The van der Waals surface area contributed by atoms with E-state index in [1.807, 2.05) is 97.1 Å². The topological polar surface area (TPSA) is 120 Å². The molecule has 3 amide bonds. The second-order valence-corrected chi connectivity index (χ2v) is 17.9. The monoisotopic (exact) mass is 898 g/mol. The van der Waals surface area contributed by atoms with Crippen molar-refractivity contribution >= 4 is 23.4 Å². The van der Waals surface area contributed by atoms with Gasteiger partial charge in [0.05, 0.1) is 42.5 Å². The first-order valence-corrected chi connectivity index (χ1v) is 23.1. The van der Waals surface area contributed by atoms with Crippen LogP contribution in [0, 0.1) is 31.0 Å². The first-order valence-electron chi connectivity index (χ1n) is 23.1. The number of para-hydroxylation sites is 1. The van der Waals surface area contributed by atoms with Crippen LogP contribution in [-0.2, 0) is 48.9 Å². The number of carbonyl (C=O) groups excluding carboxylic acids is 3. The van der Waals surface area contributed by atoms with Crippen LogP contribution < -0.4 is 10.1 Å². The van der Waals surface area contributed by atoms with Gasteiger partial charge in [-0.3, -0.25) is 19.3 Å². The molecule has 0 aliphatic carbocycles. The van der Waals surface area contributed by atoms with Crippen molar-refractivity contribution in [2.24, 2.45) is 7.05 Å². The largest absolute Gasteiger partial charge is 0.492 e. The van der Waals surface area contributed by atoms with Crippen molar-refractivity contribution in [3.05, 3.63) is 165 Å². The van der Waals surface area contributed by atoms with Crippen molar-refractivity contribution in [2.45, 2.75) is 59.2 Å². The lowest BCUT2D eigenvalue weighted by Gasteiger charge is -2.36. The van der Waals surface area contributed by atoms with Crippen molar-refractivity contribution in [1.82, 2.24) is 19.3 Å². The van der Waals surface area contributed by atoms with Gasteiger partial charge in [0.2, 0.25) is 5.91 Å². The van der Waals surface area contributed by atoms with Crippen molar-refractivity contribution in [1.29, 1.82) is 5.26 Å². The van der Waals surface area contributed by atoms with Crippen LogP contribution in [0.4, 0.5) is 10.1 Å². The number of aromatic nitrogens is 1. The van der Waals surface area contributed by atoms with Crippen molar-refractivity contribution in [3.63, 3.8) is 0 Å². The Kier molecular flexibility index (Phi) is 13.1. The minimum atomic E-state index is -0.495. The Balaban J connectivity index is 1.08. The number of benzene rings is 5. The molecule has 9 rings (SSSR count). The fraction of sp³-hybridized carbons (Fsp3) is 0.309. The van der Waals surface area contributed by atoms with Crippen LogP contribution in [0.3, 0.4) is 0 Å². The van der Waals surface area contributed by atoms with Crippen molar-refractivity contribution in [3.8, 4) is 34.2 Å². The number of ether oxygens (including phenoxy) is 2. The average Bonchev–Trinajstić information content (AvgIpc) is 3.60. The molecular formula is C55H55FN6O5. The highest BCUT2D eigenvalue weighted by Crippen LogP contribution is 2.43. The van der Waals surface area contributed by atoms with Gasteiger partial charge in [0, 0.05) is 86.5 Å². The summed E-state index contributed by atoms with van der Waals surface area (Å²) in [6.07, 6.45) is 1.07. The molecule has 0 spiro atoms. The van der Waals surface area contributed by atoms with E-state index in [9.17, 15) is 14.9 Å². The van der Waals surface area contributed by atoms with Crippen molar-refractivity contribution in [2.75, 3.05) is 51.3 Å². The predicted octanol–water partition coefficient (Wildman–Crippen LogP) is 8.66. The second kappa shape index (κ2) is 19.4. The van der Waals surface area contributed by atoms with E-state index < -0.39 is 5.82 Å². The first-order chi connectivity index (χ1) is 32.5. The quantitative estimate of drug-likeness (QED) is 0.138. The number of nitriles is 1. The van der Waals surface area contributed by atoms with Gasteiger partial charge in [0.15, 0.2) is 0 Å². The summed E-state index contributed by atoms with van der Waals surface area (Å²) in [6.45, 7) is 11.1. The molecule has 1 aromatic heterocycles. The summed E-state index contributed by atoms with van der Waals surface area (Å²) >= 11 is 0. The van der Waals surface area contributed by atoms with Gasteiger partial charge in [0.25, 0.3) is 11.8 Å². The third-order valence-electron chi connectivity index (χ3n) is 13.7. The maximum Gasteiger partial charge on any atom is 0.258 e. The Labute approximate surface area is 391 Å². The molecule has 3 aliphatic rings. The molecule has 5 aromatic carbocycles. The Morgan fingerprint density at radius 1 is 0.866 bits per heavy atom. The van der Waals surface area contributed by atoms with Crippen molar-refractivity contribution < 1.29 is 28.2 Å². The number of morpholine rings is 1. The molecule has 12 heteroatoms. The first kappa shape index (κ1) is 45.1. The Morgan fingerprint density at radius 3 is 2.39 bits per heavy atom. The number of halogens is 1. The standard InChI is InChI=1S/C55H55FN6O5/c1-35-14-15-41(27-43(35)32-57)52-51(54(64)58-45-12-6-5-7-13-45)37(3)59(4)53(52)47-28-39-18-19-61(33-44(39)29-48(47)55(65)62-34-42-11-9-8-10-38(42)26-36(62)2)50(63)30-40-16-17-46(31-49(40)56)67-25-22-60-20-23-66-24-21-60/h5-17,27-29,31,36H,18-26,30,33-34H2,1-4H3,(H,58,64)/t36-/m1/s1. The fourth-order valence-corrected chi connectivity index (χ4v) is 9.74. The molecule has 1 saturated heterocycles. The number of nitrogens with one attached hydrogen (secondary N) is 1. The number of anilines is 1. The van der Waals surface area contributed by atoms with Gasteiger partial charge >= 0.3 is 0 Å². The molecule has 3 aliphatic heterocycles. The van der Waals surface area contributed by atoms with Gasteiger partial charge in [-0.2, -0.15) is 5.26 Å². The molecule has 11 nitrogen and oxygen atoms in total. The van der Waals surface area contributed by atoms with E-state index in [4.69, 9.17) is 9.47 Å². The van der Waals surface area contributed by atoms with Crippen LogP contribution in [0.1, 0.15) is 72.3 Å². The number of amides is 3. The lowest BCUT2D eigenvalue weighted by atomic mass is 9.87. The molecule has 1 fully saturated rings. The molecule has 67 heavy (non-hydrogen) atoms. The van der Waals surface area contributed by atoms with Gasteiger partial charge in [0.1, 0.15) is 18.2 Å². The van der Waals surface area contributed by atoms with Gasteiger partial charge < -0.3 is 29.2 Å². The molecule has 0 radical (unpaired) electrons. The molecule has 1 N–H and O–H groups in total. The van der Waals surface area contributed by atoms with Gasteiger partial charge in [-0.15, -0.1) is 0 Å². The minimum absolute atomic E-state index is 0.113. The summed E-state index contributed by atoms with van der Waals surface area (Å²) in [5.41, 5.74) is 10.5. The third-order valence-corrected chi connectivity index (χ3v) is 13.7. The van der Waals surface area contributed by atoms with Crippen LogP contribution in [0.2, 0.25) is 0 Å². The second-order valence-electron chi connectivity index (χ2n) is 17.9. The molecule has 6 aromatic rings. The number of fused-ring (bicyclic) bond motifs is 2. The molecular weight excluding hydrogens is 844 g/mol. The summed E-state index contributed by atoms with van der Waals surface area (Å²) in [7, 11) is 1.91. The van der Waals surface area contributed by atoms with Crippen LogP contribution in [0.5, 0.6) is 5.75 Å². The minimum Gasteiger partial charge on any atom is -0.492 e. The van der Waals surface area contributed by atoms with Gasteiger partial charge in [-0.1, -0.05) is 60.7 Å². The highest BCUT2D eigenvalue weighted by molar-refractivity contribution is 6.13. The van der Waals surface area contributed by atoms with E-state index in [-0.39, 0.29) is 42.3 Å². The smallest absolute Gasteiger partial charge is 0.258 e. The van der Waals surface area contributed by atoms with E-state index in [1.165, 1.54) is 11.6 Å². The number of nitrogens with zero attached hydrogens (tertiary/aromatic N) is 5. The number of hydrogen-bond acceptors (Lipinski definition) is 7. The summed E-state index contributed by atoms with van der Waals surface area (Å²) in [5, 5.41) is 13.3. The number of carbonyl (C=O) groups is 3. The number of aryl methyl sites for hydroxylation is 1. The molecule has 0 saturated carbocycles. The zero-order chi connectivity index (χ0) is 46.8. The molecule has 342 valence electrons. The van der Waals surface area contributed by atoms with E-state index in [0.29, 0.717) is 102 Å². The van der Waals surface area contributed by atoms with Crippen LogP contribution in [0.25, 0.3) is 22.4 Å². The molecule has 4 heterocycles. The molecule has 1 atom stereocenters. The fourth-order valence-electron chi connectivity index (χ4n) is 9.74. The third kappa shape index (κ3) is 9.35. The zero-order valence-electron chi connectivity index (χ0n) is 38.5. The van der Waals surface area contributed by atoms with E-state index in [1.54, 1.807) is 17.0 Å². The summed E-state index contributed by atoms with van der Waals surface area (Å²) < 4.78 is 28.8. The lowest BCUT2D eigenvalue weighted by molar-refractivity contribution is -0.131. The maximum atomic E-state index is 15.5. The van der Waals surface area contributed by atoms with Crippen LogP contribution in [-0.4, -0.2) is 89.0 Å². The van der Waals surface area contributed by atoms with Gasteiger partial charge in [-0.25, -0.2) is 4.39 Å². The molecule has 0 unspecified atom stereocenters. The maximum absolute atomic E-state index is 15.5. The highest BCUT2D eigenvalue weighted by Gasteiger charge is 2.34. The number of hydrogen-bond donors (Lipinski definition) is 1. The van der Waals surface area contributed by atoms with E-state index in [0.717, 1.165) is 41.9 Å². The highest BCUT2D eigenvalue weighted by atomic mass is 19.1. The summed E-state index contributed by atoms with van der Waals surface area (Å²) in [6, 6.07) is 34.0. The SMILES string of the molecule is Cc1ccc(-c2c(C(=O)Nc3ccccc3)c(C)n(C)c2-c2cc3c(cc2C(=O)N2Cc4ccccc4C[C@H]2C)CN(C(=O)Cc2ccc(OCCN4CCOCC4)cc2F)CC3)cc1C#N. The van der Waals surface area contributed by atoms with E-state index >= 15 is 9.18 Å². The average molecular weight is 899 g/mol. The normalized spacial score (nSPS) is 15.9. The van der Waals surface area contributed by atoms with E-state index in [2.05, 4.69) is 41.4 Å². The summed E-state index contributed by atoms with van der Waals surface area (Å²) in [5.74, 6) is -0.777. The van der Waals surface area contributed by atoms with Crippen LogP contribution >= 0.6 is 0 Å². The summed E-state index contributed by atoms with van der Waals surface area (Å²) in [4.78, 5) is 49.8. The Hall–Kier alpha value is -7.07. The number of rotatable bonds is 11.